The number of aromatic amines is 1. The quantitative estimate of drug-likeness (QED) is 0.760. The number of hydrogen-bond donors (Lipinski definition) is 1. The van der Waals surface area contributed by atoms with E-state index in [1.165, 1.54) is 0 Å². The third kappa shape index (κ3) is 1.58. The molecule has 0 saturated heterocycles. The zero-order valence-electron chi connectivity index (χ0n) is 6.83. The molecule has 1 aromatic heterocycles. The summed E-state index contributed by atoms with van der Waals surface area (Å²) in [6.07, 6.45) is 0. The van der Waals surface area contributed by atoms with Crippen LogP contribution in [0.25, 0.3) is 11.0 Å². The zero-order chi connectivity index (χ0) is 9.10. The molecule has 68 valence electrons. The summed E-state index contributed by atoms with van der Waals surface area (Å²) in [6, 6.07) is 5.62. The highest BCUT2D eigenvalue weighted by molar-refractivity contribution is 6.18. The number of alkyl halides is 1. The first-order chi connectivity index (χ1) is 6.42. The number of aromatic nitrogens is 3. The largest absolute Gasteiger partial charge is 0.490 e. The van der Waals surface area contributed by atoms with Crippen LogP contribution in [-0.2, 0) is 0 Å². The van der Waals surface area contributed by atoms with Gasteiger partial charge in [0.05, 0.1) is 11.4 Å². The van der Waals surface area contributed by atoms with Gasteiger partial charge in [-0.05, 0) is 12.1 Å². The molecule has 13 heavy (non-hydrogen) atoms. The molecule has 0 aliphatic heterocycles. The molecule has 4 nitrogen and oxygen atoms in total. The highest BCUT2D eigenvalue weighted by atomic mass is 35.5. The Morgan fingerprint density at radius 1 is 1.46 bits per heavy atom. The third-order valence-electron chi connectivity index (χ3n) is 1.65. The summed E-state index contributed by atoms with van der Waals surface area (Å²) in [5.41, 5.74) is 1.61. The van der Waals surface area contributed by atoms with Crippen LogP contribution in [0.3, 0.4) is 0 Å². The normalized spacial score (nSPS) is 10.5. The van der Waals surface area contributed by atoms with E-state index in [1.54, 1.807) is 0 Å². The number of benzene rings is 1. The van der Waals surface area contributed by atoms with Gasteiger partial charge in [0.1, 0.15) is 12.4 Å². The molecule has 1 aromatic carbocycles. The number of nitrogens with zero attached hydrogens (tertiary/aromatic N) is 2. The Bertz CT molecular complexity index is 401. The number of H-pyrrole nitrogens is 1. The highest BCUT2D eigenvalue weighted by Crippen LogP contribution is 2.20. The Balaban J connectivity index is 2.37. The number of fused-ring (bicyclic) bond motifs is 1. The fraction of sp³-hybridized carbons (Fsp3) is 0.250. The molecule has 0 bridgehead atoms. The van der Waals surface area contributed by atoms with Crippen LogP contribution < -0.4 is 4.74 Å². The van der Waals surface area contributed by atoms with Crippen molar-refractivity contribution in [1.82, 2.24) is 15.4 Å². The van der Waals surface area contributed by atoms with Crippen molar-refractivity contribution in [2.24, 2.45) is 0 Å². The summed E-state index contributed by atoms with van der Waals surface area (Å²) in [4.78, 5) is 0. The SMILES string of the molecule is ClCCOc1cccc2[nH]nnc12. The maximum Gasteiger partial charge on any atom is 0.154 e. The Labute approximate surface area is 79.8 Å². The van der Waals surface area contributed by atoms with Gasteiger partial charge in [-0.15, -0.1) is 16.7 Å². The van der Waals surface area contributed by atoms with Crippen LogP contribution in [0.2, 0.25) is 0 Å². The first kappa shape index (κ1) is 8.31. The molecule has 0 unspecified atom stereocenters. The van der Waals surface area contributed by atoms with Crippen molar-refractivity contribution in [3.05, 3.63) is 18.2 Å². The summed E-state index contributed by atoms with van der Waals surface area (Å²) >= 11 is 5.51. The Morgan fingerprint density at radius 2 is 2.38 bits per heavy atom. The predicted molar refractivity (Wildman–Crippen MR) is 50.1 cm³/mol. The molecular weight excluding hydrogens is 190 g/mol. The van der Waals surface area contributed by atoms with Gasteiger partial charge >= 0.3 is 0 Å². The topological polar surface area (TPSA) is 50.8 Å². The molecule has 0 aliphatic rings. The van der Waals surface area contributed by atoms with Crippen molar-refractivity contribution in [3.63, 3.8) is 0 Å². The van der Waals surface area contributed by atoms with Gasteiger partial charge in [0.15, 0.2) is 5.52 Å². The fourth-order valence-electron chi connectivity index (χ4n) is 1.11. The van der Waals surface area contributed by atoms with Crippen LogP contribution in [0.4, 0.5) is 0 Å². The lowest BCUT2D eigenvalue weighted by atomic mass is 10.3. The van der Waals surface area contributed by atoms with Gasteiger partial charge in [-0.25, -0.2) is 0 Å². The van der Waals surface area contributed by atoms with Crippen molar-refractivity contribution in [2.45, 2.75) is 0 Å². The van der Waals surface area contributed by atoms with Gasteiger partial charge < -0.3 is 4.74 Å². The molecule has 1 heterocycles. The average Bonchev–Trinajstić information content (AvgIpc) is 2.62. The minimum atomic E-state index is 0.467. The van der Waals surface area contributed by atoms with Crippen LogP contribution >= 0.6 is 11.6 Å². The molecule has 0 spiro atoms. The highest BCUT2D eigenvalue weighted by Gasteiger charge is 2.03. The van der Waals surface area contributed by atoms with E-state index < -0.39 is 0 Å². The number of hydrogen-bond acceptors (Lipinski definition) is 3. The molecule has 1 N–H and O–H groups in total. The van der Waals surface area contributed by atoms with Gasteiger partial charge in [0.2, 0.25) is 0 Å². The van der Waals surface area contributed by atoms with Gasteiger partial charge in [-0.1, -0.05) is 11.3 Å². The minimum absolute atomic E-state index is 0.467. The van der Waals surface area contributed by atoms with Crippen molar-refractivity contribution >= 4 is 22.6 Å². The molecule has 0 amide bonds. The number of ether oxygens (including phenoxy) is 1. The standard InChI is InChI=1S/C8H8ClN3O/c9-4-5-13-7-3-1-2-6-8(7)11-12-10-6/h1-3H,4-5H2,(H,10,11,12). The summed E-state index contributed by atoms with van der Waals surface area (Å²) in [6.45, 7) is 0.480. The molecule has 0 radical (unpaired) electrons. The van der Waals surface area contributed by atoms with E-state index in [1.807, 2.05) is 18.2 Å². The maximum atomic E-state index is 5.51. The maximum absolute atomic E-state index is 5.51. The lowest BCUT2D eigenvalue weighted by Gasteiger charge is -2.02. The molecule has 2 aromatic rings. The van der Waals surface area contributed by atoms with E-state index >= 15 is 0 Å². The monoisotopic (exact) mass is 197 g/mol. The second kappa shape index (κ2) is 3.62. The molecule has 5 heteroatoms. The second-order valence-corrected chi connectivity index (χ2v) is 2.88. The molecule has 0 atom stereocenters. The van der Waals surface area contributed by atoms with Crippen LogP contribution in [-0.4, -0.2) is 27.9 Å². The Hall–Kier alpha value is -1.29. The zero-order valence-corrected chi connectivity index (χ0v) is 7.58. The van der Waals surface area contributed by atoms with E-state index in [0.717, 1.165) is 11.0 Å². The number of rotatable bonds is 3. The Kier molecular flexibility index (Phi) is 2.31. The van der Waals surface area contributed by atoms with Crippen LogP contribution in [0.5, 0.6) is 5.75 Å². The van der Waals surface area contributed by atoms with Crippen molar-refractivity contribution < 1.29 is 4.74 Å². The minimum Gasteiger partial charge on any atom is -0.490 e. The number of halogens is 1. The van der Waals surface area contributed by atoms with Crippen molar-refractivity contribution in [2.75, 3.05) is 12.5 Å². The van der Waals surface area contributed by atoms with Gasteiger partial charge in [0, 0.05) is 0 Å². The molecule has 0 saturated carbocycles. The molecule has 0 aliphatic carbocycles. The third-order valence-corrected chi connectivity index (χ3v) is 1.81. The first-order valence-electron chi connectivity index (χ1n) is 3.90. The van der Waals surface area contributed by atoms with Gasteiger partial charge in [0.25, 0.3) is 0 Å². The predicted octanol–water partition coefficient (Wildman–Crippen LogP) is 1.58. The summed E-state index contributed by atoms with van der Waals surface area (Å²) in [7, 11) is 0. The van der Waals surface area contributed by atoms with Crippen molar-refractivity contribution in [1.29, 1.82) is 0 Å². The fourth-order valence-corrected chi connectivity index (χ4v) is 1.19. The van der Waals surface area contributed by atoms with E-state index in [4.69, 9.17) is 16.3 Å². The average molecular weight is 198 g/mol. The number of nitrogens with one attached hydrogen (secondary N) is 1. The second-order valence-electron chi connectivity index (χ2n) is 2.50. The van der Waals surface area contributed by atoms with Crippen LogP contribution in [0.15, 0.2) is 18.2 Å². The lowest BCUT2D eigenvalue weighted by Crippen LogP contribution is -1.98. The van der Waals surface area contributed by atoms with Gasteiger partial charge in [-0.3, -0.25) is 5.10 Å². The van der Waals surface area contributed by atoms with E-state index in [9.17, 15) is 0 Å². The van der Waals surface area contributed by atoms with E-state index in [2.05, 4.69) is 15.4 Å². The lowest BCUT2D eigenvalue weighted by molar-refractivity contribution is 0.346. The molecule has 2 rings (SSSR count). The summed E-state index contributed by atoms with van der Waals surface area (Å²) in [5.74, 6) is 1.18. The molecule has 0 fully saturated rings. The smallest absolute Gasteiger partial charge is 0.154 e. The van der Waals surface area contributed by atoms with E-state index in [-0.39, 0.29) is 0 Å². The Morgan fingerprint density at radius 3 is 3.23 bits per heavy atom. The first-order valence-corrected chi connectivity index (χ1v) is 4.44. The van der Waals surface area contributed by atoms with E-state index in [0.29, 0.717) is 18.2 Å². The van der Waals surface area contributed by atoms with Crippen LogP contribution in [0.1, 0.15) is 0 Å². The van der Waals surface area contributed by atoms with Crippen LogP contribution in [0, 0.1) is 0 Å². The van der Waals surface area contributed by atoms with Crippen molar-refractivity contribution in [3.8, 4) is 5.75 Å². The molecular formula is C8H8ClN3O. The van der Waals surface area contributed by atoms with Gasteiger partial charge in [-0.2, -0.15) is 0 Å². The summed E-state index contributed by atoms with van der Waals surface area (Å²) in [5, 5.41) is 10.3. The summed E-state index contributed by atoms with van der Waals surface area (Å²) < 4.78 is 5.37.